The molecule has 0 unspecified atom stereocenters. The predicted molar refractivity (Wildman–Crippen MR) is 60.4 cm³/mol. The molecule has 0 fully saturated rings. The zero-order chi connectivity index (χ0) is 13.5. The number of aromatic nitrogens is 2. The monoisotopic (exact) mass is 255 g/mol. The molecule has 0 aliphatic carbocycles. The van der Waals surface area contributed by atoms with Gasteiger partial charge < -0.3 is 14.2 Å². The van der Waals surface area contributed by atoms with E-state index >= 15 is 0 Å². The van der Waals surface area contributed by atoms with E-state index in [4.69, 9.17) is 9.47 Å². The topological polar surface area (TPSA) is 99.6 Å². The fourth-order valence-electron chi connectivity index (χ4n) is 1.02. The molecule has 1 heterocycles. The van der Waals surface area contributed by atoms with Crippen LogP contribution in [0.15, 0.2) is 6.07 Å². The molecule has 8 nitrogen and oxygen atoms in total. The summed E-state index contributed by atoms with van der Waals surface area (Å²) >= 11 is 0. The van der Waals surface area contributed by atoms with Crippen molar-refractivity contribution in [3.8, 4) is 11.8 Å². The summed E-state index contributed by atoms with van der Waals surface area (Å²) in [4.78, 5) is 30.1. The number of ether oxygens (including phenoxy) is 3. The van der Waals surface area contributed by atoms with E-state index < -0.39 is 11.9 Å². The molecule has 0 saturated heterocycles. The van der Waals surface area contributed by atoms with Crippen molar-refractivity contribution in [2.24, 2.45) is 0 Å². The van der Waals surface area contributed by atoms with Crippen LogP contribution in [-0.2, 0) is 14.3 Å². The van der Waals surface area contributed by atoms with Crippen molar-refractivity contribution in [3.63, 3.8) is 0 Å². The molecule has 0 radical (unpaired) electrons. The van der Waals surface area contributed by atoms with Crippen molar-refractivity contribution in [2.75, 3.05) is 26.1 Å². The van der Waals surface area contributed by atoms with E-state index in [1.54, 1.807) is 6.92 Å². The van der Waals surface area contributed by atoms with Gasteiger partial charge in [-0.3, -0.25) is 10.1 Å². The third kappa shape index (κ3) is 3.58. The lowest BCUT2D eigenvalue weighted by Gasteiger charge is -2.06. The van der Waals surface area contributed by atoms with Crippen LogP contribution in [0.2, 0.25) is 0 Å². The van der Waals surface area contributed by atoms with Gasteiger partial charge in [0.15, 0.2) is 0 Å². The Bertz CT molecular complexity index is 427. The lowest BCUT2D eigenvalue weighted by Crippen LogP contribution is -2.26. The van der Waals surface area contributed by atoms with Gasteiger partial charge in [-0.05, 0) is 6.92 Å². The summed E-state index contributed by atoms with van der Waals surface area (Å²) < 4.78 is 14.3. The van der Waals surface area contributed by atoms with E-state index in [2.05, 4.69) is 20.0 Å². The minimum atomic E-state index is -1.01. The number of methoxy groups -OCH3 is 2. The minimum absolute atomic E-state index is 0.106. The molecule has 1 amide bonds. The van der Waals surface area contributed by atoms with Crippen LogP contribution in [0.3, 0.4) is 0 Å². The predicted octanol–water partition coefficient (Wildman–Crippen LogP) is -0.00460. The molecule has 0 aromatic carbocycles. The molecule has 8 heteroatoms. The van der Waals surface area contributed by atoms with Gasteiger partial charge in [-0.1, -0.05) is 0 Å². The van der Waals surface area contributed by atoms with Crippen LogP contribution in [0.4, 0.5) is 5.95 Å². The first-order valence-corrected chi connectivity index (χ1v) is 5.05. The summed E-state index contributed by atoms with van der Waals surface area (Å²) in [5, 5.41) is 2.18. The summed E-state index contributed by atoms with van der Waals surface area (Å²) in [6, 6.07) is 1.43. The molecule has 0 bridgehead atoms. The number of anilines is 1. The Kier molecular flexibility index (Phi) is 4.85. The number of esters is 1. The number of carbonyl (C=O) groups excluding carboxylic acids is 2. The molecular formula is C10H13N3O5. The fourth-order valence-corrected chi connectivity index (χ4v) is 1.02. The first-order chi connectivity index (χ1) is 8.60. The average molecular weight is 255 g/mol. The van der Waals surface area contributed by atoms with E-state index in [0.29, 0.717) is 0 Å². The molecule has 1 aromatic heterocycles. The maximum Gasteiger partial charge on any atom is 0.397 e. The second-order valence-corrected chi connectivity index (χ2v) is 2.95. The van der Waals surface area contributed by atoms with E-state index in [1.807, 2.05) is 0 Å². The number of nitrogens with one attached hydrogen (secondary N) is 1. The van der Waals surface area contributed by atoms with E-state index in [1.165, 1.54) is 20.3 Å². The lowest BCUT2D eigenvalue weighted by molar-refractivity contribution is -0.152. The molecule has 1 rings (SSSR count). The molecular weight excluding hydrogens is 242 g/mol. The molecule has 0 saturated carbocycles. The van der Waals surface area contributed by atoms with Gasteiger partial charge in [-0.2, -0.15) is 9.97 Å². The quantitative estimate of drug-likeness (QED) is 0.596. The molecule has 98 valence electrons. The second-order valence-electron chi connectivity index (χ2n) is 2.95. The number of hydrogen-bond donors (Lipinski definition) is 1. The van der Waals surface area contributed by atoms with Crippen molar-refractivity contribution in [1.82, 2.24) is 9.97 Å². The smallest absolute Gasteiger partial charge is 0.397 e. The molecule has 1 N–H and O–H groups in total. The van der Waals surface area contributed by atoms with Crippen molar-refractivity contribution in [3.05, 3.63) is 6.07 Å². The molecule has 0 aliphatic heterocycles. The van der Waals surface area contributed by atoms with Gasteiger partial charge in [0.1, 0.15) is 0 Å². The van der Waals surface area contributed by atoms with E-state index in [0.717, 1.165) is 0 Å². The van der Waals surface area contributed by atoms with Gasteiger partial charge in [-0.25, -0.2) is 4.79 Å². The molecule has 18 heavy (non-hydrogen) atoms. The van der Waals surface area contributed by atoms with Crippen LogP contribution in [-0.4, -0.2) is 42.7 Å². The first kappa shape index (κ1) is 13.7. The number of rotatable bonds is 4. The zero-order valence-corrected chi connectivity index (χ0v) is 10.2. The Morgan fingerprint density at radius 2 is 1.78 bits per heavy atom. The summed E-state index contributed by atoms with van der Waals surface area (Å²) in [6.45, 7) is 1.70. The van der Waals surface area contributed by atoms with Crippen LogP contribution < -0.4 is 14.8 Å². The lowest BCUT2D eigenvalue weighted by atomic mass is 10.5. The Balaban J connectivity index is 2.83. The van der Waals surface area contributed by atoms with Crippen LogP contribution in [0, 0.1) is 0 Å². The SMILES string of the molecule is CCOC(=O)C(=O)Nc1nc(OC)cc(OC)n1. The van der Waals surface area contributed by atoms with Gasteiger partial charge in [-0.15, -0.1) is 0 Å². The first-order valence-electron chi connectivity index (χ1n) is 5.05. The second kappa shape index (κ2) is 6.38. The van der Waals surface area contributed by atoms with Gasteiger partial charge >= 0.3 is 11.9 Å². The Labute approximate surface area is 103 Å². The Hall–Kier alpha value is -2.38. The largest absolute Gasteiger partial charge is 0.481 e. The Morgan fingerprint density at radius 1 is 1.22 bits per heavy atom. The third-order valence-corrected chi connectivity index (χ3v) is 1.78. The normalized spacial score (nSPS) is 9.50. The minimum Gasteiger partial charge on any atom is -0.481 e. The van der Waals surface area contributed by atoms with Gasteiger partial charge in [0, 0.05) is 0 Å². The molecule has 1 aromatic rings. The summed E-state index contributed by atoms with van der Waals surface area (Å²) in [6.07, 6.45) is 0. The van der Waals surface area contributed by atoms with Crippen molar-refractivity contribution < 1.29 is 23.8 Å². The highest BCUT2D eigenvalue weighted by atomic mass is 16.5. The highest BCUT2D eigenvalue weighted by molar-refractivity contribution is 6.37. The number of amides is 1. The van der Waals surface area contributed by atoms with Gasteiger partial charge in [0.05, 0.1) is 26.9 Å². The fraction of sp³-hybridized carbons (Fsp3) is 0.400. The zero-order valence-electron chi connectivity index (χ0n) is 10.2. The standard InChI is InChI=1S/C10H13N3O5/c1-4-18-9(15)8(14)13-10-11-6(16-2)5-7(12-10)17-3/h5H,4H2,1-3H3,(H,11,12,13,14). The number of carbonyl (C=O) groups is 2. The summed E-state index contributed by atoms with van der Waals surface area (Å²) in [5.41, 5.74) is 0. The summed E-state index contributed by atoms with van der Waals surface area (Å²) in [5.74, 6) is -1.69. The highest BCUT2D eigenvalue weighted by Crippen LogP contribution is 2.17. The maximum absolute atomic E-state index is 11.4. The van der Waals surface area contributed by atoms with Gasteiger partial charge in [0.25, 0.3) is 0 Å². The van der Waals surface area contributed by atoms with Crippen LogP contribution >= 0.6 is 0 Å². The third-order valence-electron chi connectivity index (χ3n) is 1.78. The molecule has 0 aliphatic rings. The number of hydrogen-bond acceptors (Lipinski definition) is 7. The summed E-state index contributed by atoms with van der Waals surface area (Å²) in [7, 11) is 2.80. The number of nitrogens with zero attached hydrogens (tertiary/aromatic N) is 2. The van der Waals surface area contributed by atoms with Crippen molar-refractivity contribution in [2.45, 2.75) is 6.92 Å². The van der Waals surface area contributed by atoms with Crippen LogP contribution in [0.25, 0.3) is 0 Å². The molecule has 0 spiro atoms. The highest BCUT2D eigenvalue weighted by Gasteiger charge is 2.17. The van der Waals surface area contributed by atoms with E-state index in [9.17, 15) is 9.59 Å². The van der Waals surface area contributed by atoms with Gasteiger partial charge in [0.2, 0.25) is 17.7 Å². The van der Waals surface area contributed by atoms with Crippen LogP contribution in [0.5, 0.6) is 11.8 Å². The van der Waals surface area contributed by atoms with Crippen LogP contribution in [0.1, 0.15) is 6.92 Å². The maximum atomic E-state index is 11.4. The van der Waals surface area contributed by atoms with Crippen molar-refractivity contribution in [1.29, 1.82) is 0 Å². The van der Waals surface area contributed by atoms with Crippen molar-refractivity contribution >= 4 is 17.8 Å². The van der Waals surface area contributed by atoms with E-state index in [-0.39, 0.29) is 24.3 Å². The average Bonchev–Trinajstić information content (AvgIpc) is 2.38. The Morgan fingerprint density at radius 3 is 2.22 bits per heavy atom. The molecule has 0 atom stereocenters.